The van der Waals surface area contributed by atoms with Crippen LogP contribution in [0.2, 0.25) is 0 Å². The fourth-order valence-electron chi connectivity index (χ4n) is 1.31. The summed E-state index contributed by atoms with van der Waals surface area (Å²) in [5, 5.41) is -0.394. The van der Waals surface area contributed by atoms with Gasteiger partial charge in [0.05, 0.1) is 5.25 Å². The second kappa shape index (κ2) is 6.56. The minimum absolute atomic E-state index is 0.318. The largest absolute Gasteiger partial charge is 0.293 e. The van der Waals surface area contributed by atoms with Crippen molar-refractivity contribution in [2.45, 2.75) is 29.9 Å². The standard InChI is InChI=1S/C11H14F2N2OS/c1-2-3-10(11(16)15-14)17-7-4-5-8(12)9(13)6-7/h4-6,10H,2-3,14H2,1H3,(H,15,16). The van der Waals surface area contributed by atoms with Gasteiger partial charge in [0.2, 0.25) is 5.91 Å². The summed E-state index contributed by atoms with van der Waals surface area (Å²) in [6, 6.07) is 3.56. The molecule has 1 rings (SSSR count). The number of carbonyl (C=O) groups is 1. The summed E-state index contributed by atoms with van der Waals surface area (Å²) in [6.07, 6.45) is 1.42. The maximum absolute atomic E-state index is 13.0. The molecule has 3 nitrogen and oxygen atoms in total. The number of hydrogen-bond donors (Lipinski definition) is 2. The van der Waals surface area contributed by atoms with Crippen molar-refractivity contribution >= 4 is 17.7 Å². The minimum Gasteiger partial charge on any atom is -0.293 e. The zero-order chi connectivity index (χ0) is 12.8. The van der Waals surface area contributed by atoms with Gasteiger partial charge in [-0.05, 0) is 24.6 Å². The number of hydrogen-bond acceptors (Lipinski definition) is 3. The quantitative estimate of drug-likeness (QED) is 0.369. The molecule has 0 aliphatic rings. The molecule has 0 bridgehead atoms. The first kappa shape index (κ1) is 13.9. The molecule has 1 unspecified atom stereocenters. The Morgan fingerprint density at radius 1 is 1.47 bits per heavy atom. The molecule has 0 heterocycles. The normalized spacial score (nSPS) is 12.2. The number of carbonyl (C=O) groups excluding carboxylic acids is 1. The van der Waals surface area contributed by atoms with Crippen molar-refractivity contribution in [2.24, 2.45) is 5.84 Å². The molecule has 1 aromatic rings. The number of hydrazine groups is 1. The van der Waals surface area contributed by atoms with Crippen LogP contribution < -0.4 is 11.3 Å². The number of amides is 1. The Balaban J connectivity index is 2.78. The van der Waals surface area contributed by atoms with Crippen molar-refractivity contribution in [2.75, 3.05) is 0 Å². The lowest BCUT2D eigenvalue weighted by Gasteiger charge is -2.13. The first-order chi connectivity index (χ1) is 8.08. The predicted octanol–water partition coefficient (Wildman–Crippen LogP) is 2.22. The van der Waals surface area contributed by atoms with E-state index in [1.165, 1.54) is 17.8 Å². The lowest BCUT2D eigenvalue weighted by atomic mass is 10.2. The number of rotatable bonds is 5. The summed E-state index contributed by atoms with van der Waals surface area (Å²) in [6.45, 7) is 1.93. The first-order valence-electron chi connectivity index (χ1n) is 5.20. The number of nitrogens with one attached hydrogen (secondary N) is 1. The van der Waals surface area contributed by atoms with Crippen LogP contribution in [0.1, 0.15) is 19.8 Å². The van der Waals surface area contributed by atoms with Crippen LogP contribution >= 0.6 is 11.8 Å². The Kier molecular flexibility index (Phi) is 5.37. The van der Waals surface area contributed by atoms with Gasteiger partial charge in [0.25, 0.3) is 0 Å². The third-order valence-electron chi connectivity index (χ3n) is 2.15. The van der Waals surface area contributed by atoms with Crippen LogP contribution in [-0.4, -0.2) is 11.2 Å². The highest BCUT2D eigenvalue weighted by Crippen LogP contribution is 2.27. The van der Waals surface area contributed by atoms with Crippen molar-refractivity contribution in [3.63, 3.8) is 0 Å². The van der Waals surface area contributed by atoms with Crippen molar-refractivity contribution in [3.05, 3.63) is 29.8 Å². The van der Waals surface area contributed by atoms with E-state index in [1.54, 1.807) is 0 Å². The second-order valence-electron chi connectivity index (χ2n) is 3.48. The Bertz CT molecular complexity index is 401. The fourth-order valence-corrected chi connectivity index (χ4v) is 2.49. The fraction of sp³-hybridized carbons (Fsp3) is 0.364. The maximum Gasteiger partial charge on any atom is 0.247 e. The molecule has 0 spiro atoms. The van der Waals surface area contributed by atoms with Crippen LogP contribution in [0.4, 0.5) is 8.78 Å². The molecule has 6 heteroatoms. The highest BCUT2D eigenvalue weighted by Gasteiger charge is 2.18. The molecule has 3 N–H and O–H groups in total. The van der Waals surface area contributed by atoms with E-state index in [4.69, 9.17) is 5.84 Å². The van der Waals surface area contributed by atoms with Gasteiger partial charge < -0.3 is 0 Å². The van der Waals surface area contributed by atoms with Gasteiger partial charge in [-0.3, -0.25) is 10.2 Å². The van der Waals surface area contributed by atoms with Gasteiger partial charge in [-0.15, -0.1) is 11.8 Å². The van der Waals surface area contributed by atoms with Gasteiger partial charge in [0, 0.05) is 4.90 Å². The van der Waals surface area contributed by atoms with E-state index < -0.39 is 16.9 Å². The highest BCUT2D eigenvalue weighted by molar-refractivity contribution is 8.00. The van der Waals surface area contributed by atoms with Crippen LogP contribution in [0.3, 0.4) is 0 Å². The summed E-state index contributed by atoms with van der Waals surface area (Å²) in [5.74, 6) is 2.93. The highest BCUT2D eigenvalue weighted by atomic mass is 32.2. The van der Waals surface area contributed by atoms with Gasteiger partial charge in [-0.1, -0.05) is 13.3 Å². The van der Waals surface area contributed by atoms with E-state index in [0.717, 1.165) is 18.6 Å². The Morgan fingerprint density at radius 3 is 2.71 bits per heavy atom. The third-order valence-corrected chi connectivity index (χ3v) is 3.42. The molecule has 0 saturated carbocycles. The van der Waals surface area contributed by atoms with Crippen LogP contribution in [0.5, 0.6) is 0 Å². The molecule has 0 aromatic heterocycles. The van der Waals surface area contributed by atoms with Crippen LogP contribution in [-0.2, 0) is 4.79 Å². The maximum atomic E-state index is 13.0. The van der Waals surface area contributed by atoms with Crippen molar-refractivity contribution in [1.82, 2.24) is 5.43 Å². The number of nitrogens with two attached hydrogens (primary N) is 1. The summed E-state index contributed by atoms with van der Waals surface area (Å²) in [4.78, 5) is 11.9. The molecule has 0 fully saturated rings. The third kappa shape index (κ3) is 3.98. The molecular formula is C11H14F2N2OS. The van der Waals surface area contributed by atoms with E-state index in [-0.39, 0.29) is 5.91 Å². The van der Waals surface area contributed by atoms with E-state index in [0.29, 0.717) is 11.3 Å². The van der Waals surface area contributed by atoms with Gasteiger partial charge >= 0.3 is 0 Å². The van der Waals surface area contributed by atoms with E-state index in [2.05, 4.69) is 5.43 Å². The Hall–Kier alpha value is -1.14. The Labute approximate surface area is 103 Å². The molecule has 1 amide bonds. The molecule has 94 valence electrons. The molecule has 1 aromatic carbocycles. The van der Waals surface area contributed by atoms with Gasteiger partial charge in [-0.25, -0.2) is 14.6 Å². The monoisotopic (exact) mass is 260 g/mol. The molecule has 0 radical (unpaired) electrons. The predicted molar refractivity (Wildman–Crippen MR) is 63.2 cm³/mol. The average molecular weight is 260 g/mol. The summed E-state index contributed by atoms with van der Waals surface area (Å²) >= 11 is 1.17. The van der Waals surface area contributed by atoms with Crippen LogP contribution in [0.15, 0.2) is 23.1 Å². The van der Waals surface area contributed by atoms with Gasteiger partial charge in [0.1, 0.15) is 0 Å². The smallest absolute Gasteiger partial charge is 0.247 e. The summed E-state index contributed by atoms with van der Waals surface area (Å²) < 4.78 is 25.7. The van der Waals surface area contributed by atoms with E-state index >= 15 is 0 Å². The molecule has 17 heavy (non-hydrogen) atoms. The van der Waals surface area contributed by atoms with Gasteiger partial charge in [0.15, 0.2) is 11.6 Å². The number of halogens is 2. The second-order valence-corrected chi connectivity index (χ2v) is 4.76. The van der Waals surface area contributed by atoms with Crippen LogP contribution in [0.25, 0.3) is 0 Å². The molecule has 1 atom stereocenters. The van der Waals surface area contributed by atoms with E-state index in [9.17, 15) is 13.6 Å². The lowest BCUT2D eigenvalue weighted by Crippen LogP contribution is -2.37. The lowest BCUT2D eigenvalue weighted by molar-refractivity contribution is -0.120. The first-order valence-corrected chi connectivity index (χ1v) is 6.08. The molecule has 0 saturated heterocycles. The van der Waals surface area contributed by atoms with E-state index in [1.807, 2.05) is 6.92 Å². The average Bonchev–Trinajstić information content (AvgIpc) is 2.32. The molecular weight excluding hydrogens is 246 g/mol. The molecule has 0 aliphatic heterocycles. The Morgan fingerprint density at radius 2 is 2.18 bits per heavy atom. The zero-order valence-electron chi connectivity index (χ0n) is 9.37. The van der Waals surface area contributed by atoms with Crippen LogP contribution in [0, 0.1) is 11.6 Å². The minimum atomic E-state index is -0.918. The summed E-state index contributed by atoms with van der Waals surface area (Å²) in [7, 11) is 0. The number of benzene rings is 1. The SMILES string of the molecule is CCCC(Sc1ccc(F)c(F)c1)C(=O)NN. The van der Waals surface area contributed by atoms with Gasteiger partial charge in [-0.2, -0.15) is 0 Å². The summed E-state index contributed by atoms with van der Waals surface area (Å²) in [5.41, 5.74) is 2.07. The van der Waals surface area contributed by atoms with Crippen molar-refractivity contribution < 1.29 is 13.6 Å². The topological polar surface area (TPSA) is 55.1 Å². The van der Waals surface area contributed by atoms with Crippen molar-refractivity contribution in [1.29, 1.82) is 0 Å². The zero-order valence-corrected chi connectivity index (χ0v) is 10.2. The number of thioether (sulfide) groups is 1. The molecule has 0 aliphatic carbocycles. The van der Waals surface area contributed by atoms with Crippen molar-refractivity contribution in [3.8, 4) is 0 Å².